The molecule has 0 radical (unpaired) electrons. The highest BCUT2D eigenvalue weighted by atomic mass is 35.5. The largest absolute Gasteiger partial charge is 0.453 e. The summed E-state index contributed by atoms with van der Waals surface area (Å²) in [6.45, 7) is 3.77. The van der Waals surface area contributed by atoms with E-state index in [9.17, 15) is 9.90 Å². The van der Waals surface area contributed by atoms with Crippen LogP contribution in [0, 0.1) is 5.92 Å². The van der Waals surface area contributed by atoms with Crippen molar-refractivity contribution in [3.8, 4) is 0 Å². The molecule has 32 heavy (non-hydrogen) atoms. The fraction of sp³-hybridized carbons (Fsp3) is 0.560. The third-order valence-electron chi connectivity index (χ3n) is 7.49. The van der Waals surface area contributed by atoms with E-state index in [4.69, 9.17) is 16.0 Å². The monoisotopic (exact) mass is 474 g/mol. The SMILES string of the molecule is CC(C)(O)C1CCC(c2ccc(SNC(=O)Nc3c4c(c(Cl)c5c3CCC5)CCC4)o2)C1. The summed E-state index contributed by atoms with van der Waals surface area (Å²) in [5.41, 5.74) is 5.23. The molecule has 2 unspecified atom stereocenters. The summed E-state index contributed by atoms with van der Waals surface area (Å²) in [6.07, 6.45) is 9.08. The Balaban J connectivity index is 1.22. The quantitative estimate of drug-likeness (QED) is 0.438. The number of anilines is 1. The molecular formula is C25H31ClN2O3S. The molecule has 172 valence electrons. The van der Waals surface area contributed by atoms with Crippen LogP contribution in [0.1, 0.15) is 79.9 Å². The maximum atomic E-state index is 12.7. The summed E-state index contributed by atoms with van der Waals surface area (Å²) in [7, 11) is 0. The Morgan fingerprint density at radius 1 is 1.09 bits per heavy atom. The number of rotatable bonds is 5. The van der Waals surface area contributed by atoms with Gasteiger partial charge in [0.1, 0.15) is 5.76 Å². The lowest BCUT2D eigenvalue weighted by molar-refractivity contribution is 0.0192. The number of furan rings is 1. The first-order valence-electron chi connectivity index (χ1n) is 11.7. The van der Waals surface area contributed by atoms with Crippen LogP contribution in [0.2, 0.25) is 5.02 Å². The fourth-order valence-corrected chi connectivity index (χ4v) is 6.70. The number of carbonyl (C=O) groups is 1. The van der Waals surface area contributed by atoms with Gasteiger partial charge in [0, 0.05) is 28.6 Å². The number of benzene rings is 1. The highest BCUT2D eigenvalue weighted by Crippen LogP contribution is 2.45. The first-order chi connectivity index (χ1) is 15.3. The van der Waals surface area contributed by atoms with Crippen LogP contribution in [-0.2, 0) is 25.7 Å². The van der Waals surface area contributed by atoms with Crippen LogP contribution in [0.5, 0.6) is 0 Å². The van der Waals surface area contributed by atoms with E-state index < -0.39 is 5.60 Å². The number of fused-ring (bicyclic) bond motifs is 2. The van der Waals surface area contributed by atoms with Gasteiger partial charge in [-0.25, -0.2) is 4.79 Å². The molecule has 1 heterocycles. The Hall–Kier alpha value is -1.63. The van der Waals surface area contributed by atoms with E-state index >= 15 is 0 Å². The van der Waals surface area contributed by atoms with E-state index in [1.807, 2.05) is 26.0 Å². The summed E-state index contributed by atoms with van der Waals surface area (Å²) < 4.78 is 8.90. The first kappa shape index (κ1) is 22.2. The molecule has 7 heteroatoms. The maximum Gasteiger partial charge on any atom is 0.329 e. The number of carbonyl (C=O) groups excluding carboxylic acids is 1. The molecule has 1 aromatic carbocycles. The van der Waals surface area contributed by atoms with Gasteiger partial charge in [-0.2, -0.15) is 0 Å². The molecule has 3 aliphatic rings. The van der Waals surface area contributed by atoms with Crippen LogP contribution < -0.4 is 10.0 Å². The highest BCUT2D eigenvalue weighted by Gasteiger charge is 2.36. The second-order valence-corrected chi connectivity index (χ2v) is 11.2. The van der Waals surface area contributed by atoms with Crippen molar-refractivity contribution >= 4 is 35.3 Å². The van der Waals surface area contributed by atoms with E-state index in [2.05, 4.69) is 10.0 Å². The summed E-state index contributed by atoms with van der Waals surface area (Å²) in [6, 6.07) is 3.68. The molecule has 0 aliphatic heterocycles. The molecular weight excluding hydrogens is 444 g/mol. The predicted octanol–water partition coefficient (Wildman–Crippen LogP) is 6.39. The van der Waals surface area contributed by atoms with E-state index in [-0.39, 0.29) is 6.03 Å². The smallest absolute Gasteiger partial charge is 0.329 e. The van der Waals surface area contributed by atoms with Crippen LogP contribution in [-0.4, -0.2) is 16.7 Å². The Labute approximate surface area is 198 Å². The Kier molecular flexibility index (Phi) is 5.97. The molecule has 2 aromatic rings. The van der Waals surface area contributed by atoms with Crippen LogP contribution in [0.25, 0.3) is 0 Å². The molecule has 1 saturated carbocycles. The zero-order chi connectivity index (χ0) is 22.5. The van der Waals surface area contributed by atoms with Crippen LogP contribution in [0.15, 0.2) is 21.6 Å². The van der Waals surface area contributed by atoms with Gasteiger partial charge in [-0.05, 0) is 112 Å². The van der Waals surface area contributed by atoms with Crippen molar-refractivity contribution in [3.05, 3.63) is 45.2 Å². The first-order valence-corrected chi connectivity index (χ1v) is 12.9. The summed E-state index contributed by atoms with van der Waals surface area (Å²) in [5, 5.41) is 15.0. The third kappa shape index (κ3) is 4.17. The number of hydrogen-bond acceptors (Lipinski definition) is 4. The van der Waals surface area contributed by atoms with Gasteiger partial charge in [-0.15, -0.1) is 0 Å². The van der Waals surface area contributed by atoms with Gasteiger partial charge in [-0.3, -0.25) is 4.72 Å². The molecule has 3 aliphatic carbocycles. The standard InChI is InChI=1S/C25H31ClN2O3S/c1-25(2,30)15-10-9-14(13-15)20-11-12-21(31-20)32-28-24(29)27-23-18-7-3-5-16(18)22(26)17-6-4-8-19(17)23/h11-12,14-15,30H,3-10,13H2,1-2H3,(H2,27,28,29). The minimum Gasteiger partial charge on any atom is -0.453 e. The molecule has 1 aromatic heterocycles. The van der Waals surface area contributed by atoms with Crippen molar-refractivity contribution in [2.75, 3.05) is 5.32 Å². The summed E-state index contributed by atoms with van der Waals surface area (Å²) in [5.74, 6) is 1.56. The predicted molar refractivity (Wildman–Crippen MR) is 129 cm³/mol. The van der Waals surface area contributed by atoms with Gasteiger partial charge in [0.15, 0.2) is 5.09 Å². The van der Waals surface area contributed by atoms with Crippen molar-refractivity contribution in [1.82, 2.24) is 4.72 Å². The number of urea groups is 1. The lowest BCUT2D eigenvalue weighted by Gasteiger charge is -2.25. The zero-order valence-electron chi connectivity index (χ0n) is 18.7. The van der Waals surface area contributed by atoms with Crippen LogP contribution in [0.3, 0.4) is 0 Å². The van der Waals surface area contributed by atoms with Gasteiger partial charge in [0.2, 0.25) is 0 Å². The minimum absolute atomic E-state index is 0.235. The molecule has 5 nitrogen and oxygen atoms in total. The topological polar surface area (TPSA) is 74.5 Å². The Morgan fingerprint density at radius 3 is 2.38 bits per heavy atom. The number of hydrogen-bond donors (Lipinski definition) is 3. The van der Waals surface area contributed by atoms with Gasteiger partial charge in [0.05, 0.1) is 5.60 Å². The van der Waals surface area contributed by atoms with Crippen LogP contribution >= 0.6 is 23.5 Å². The van der Waals surface area contributed by atoms with Crippen molar-refractivity contribution in [2.45, 2.75) is 88.2 Å². The zero-order valence-corrected chi connectivity index (χ0v) is 20.3. The van der Waals surface area contributed by atoms with E-state index in [0.717, 1.165) is 74.3 Å². The average molecular weight is 475 g/mol. The van der Waals surface area contributed by atoms with Crippen molar-refractivity contribution in [1.29, 1.82) is 0 Å². The van der Waals surface area contributed by atoms with Crippen molar-refractivity contribution in [3.63, 3.8) is 0 Å². The number of halogens is 1. The molecule has 3 N–H and O–H groups in total. The second kappa shape index (κ2) is 8.62. The fourth-order valence-electron chi connectivity index (χ4n) is 5.76. The molecule has 2 amide bonds. The second-order valence-electron chi connectivity index (χ2n) is 9.99. The number of amides is 2. The third-order valence-corrected chi connectivity index (χ3v) is 8.65. The van der Waals surface area contributed by atoms with E-state index in [0.29, 0.717) is 16.9 Å². The van der Waals surface area contributed by atoms with Gasteiger partial charge in [-0.1, -0.05) is 11.6 Å². The van der Waals surface area contributed by atoms with Crippen molar-refractivity contribution in [2.24, 2.45) is 5.92 Å². The molecule has 2 atom stereocenters. The molecule has 5 rings (SSSR count). The van der Waals surface area contributed by atoms with Gasteiger partial charge < -0.3 is 14.8 Å². The van der Waals surface area contributed by atoms with Gasteiger partial charge in [0.25, 0.3) is 0 Å². The normalized spacial score (nSPS) is 22.1. The summed E-state index contributed by atoms with van der Waals surface area (Å²) >= 11 is 7.88. The molecule has 0 spiro atoms. The van der Waals surface area contributed by atoms with Crippen molar-refractivity contribution < 1.29 is 14.3 Å². The number of nitrogens with one attached hydrogen (secondary N) is 2. The Bertz CT molecular complexity index is 1010. The average Bonchev–Trinajstić information content (AvgIpc) is 3.54. The highest BCUT2D eigenvalue weighted by molar-refractivity contribution is 7.97. The van der Waals surface area contributed by atoms with E-state index in [1.165, 1.54) is 34.2 Å². The minimum atomic E-state index is -0.652. The molecule has 0 saturated heterocycles. The lowest BCUT2D eigenvalue weighted by Crippen LogP contribution is -2.28. The van der Waals surface area contributed by atoms with Crippen LogP contribution in [0.4, 0.5) is 10.5 Å². The lowest BCUT2D eigenvalue weighted by atomic mass is 9.88. The molecule has 1 fully saturated rings. The molecule has 0 bridgehead atoms. The maximum absolute atomic E-state index is 12.7. The summed E-state index contributed by atoms with van der Waals surface area (Å²) in [4.78, 5) is 12.7. The van der Waals surface area contributed by atoms with E-state index in [1.54, 1.807) is 0 Å². The van der Waals surface area contributed by atoms with Gasteiger partial charge >= 0.3 is 6.03 Å². The number of aliphatic hydroxyl groups is 1. The Morgan fingerprint density at radius 2 is 1.75 bits per heavy atom.